The molecule has 0 radical (unpaired) electrons. The summed E-state index contributed by atoms with van der Waals surface area (Å²) >= 11 is 1.67. The molecule has 2 rings (SSSR count). The van der Waals surface area contributed by atoms with E-state index >= 15 is 0 Å². The van der Waals surface area contributed by atoms with Gasteiger partial charge in [0.05, 0.1) is 5.56 Å². The Morgan fingerprint density at radius 1 is 1.25 bits per heavy atom. The van der Waals surface area contributed by atoms with E-state index in [2.05, 4.69) is 36.5 Å². The van der Waals surface area contributed by atoms with Crippen molar-refractivity contribution in [2.45, 2.75) is 39.7 Å². The first-order chi connectivity index (χ1) is 9.56. The lowest BCUT2D eigenvalue weighted by molar-refractivity contribution is 0.0938. The first-order valence-electron chi connectivity index (χ1n) is 6.98. The van der Waals surface area contributed by atoms with Crippen molar-refractivity contribution in [1.29, 1.82) is 0 Å². The highest BCUT2D eigenvalue weighted by atomic mass is 32.1. The van der Waals surface area contributed by atoms with Crippen molar-refractivity contribution >= 4 is 17.2 Å². The summed E-state index contributed by atoms with van der Waals surface area (Å²) in [4.78, 5) is 14.5. The molecule has 2 aromatic rings. The van der Waals surface area contributed by atoms with Gasteiger partial charge in [0.2, 0.25) is 0 Å². The van der Waals surface area contributed by atoms with Crippen LogP contribution >= 0.6 is 11.3 Å². The van der Waals surface area contributed by atoms with Crippen molar-refractivity contribution in [3.8, 4) is 0 Å². The van der Waals surface area contributed by atoms with Crippen LogP contribution in [0.5, 0.6) is 0 Å². The Kier molecular flexibility index (Phi) is 4.96. The van der Waals surface area contributed by atoms with Crippen LogP contribution in [-0.2, 0) is 6.42 Å². The van der Waals surface area contributed by atoms with Gasteiger partial charge in [0, 0.05) is 15.8 Å². The van der Waals surface area contributed by atoms with E-state index in [1.165, 1.54) is 10.4 Å². The van der Waals surface area contributed by atoms with E-state index < -0.39 is 0 Å². The first kappa shape index (κ1) is 14.8. The molecular weight excluding hydrogens is 266 g/mol. The quantitative estimate of drug-likeness (QED) is 0.880. The van der Waals surface area contributed by atoms with E-state index in [0.29, 0.717) is 0 Å². The summed E-state index contributed by atoms with van der Waals surface area (Å²) in [6, 6.07) is 12.5. The standard InChI is InChI=1S/C17H21NOS/c1-12(9-10-15-7-5-4-6-8-15)18-17(19)16-11-13(2)20-14(16)3/h4-8,11-12H,9-10H2,1-3H3,(H,18,19). The molecule has 0 spiro atoms. The van der Waals surface area contributed by atoms with Crippen LogP contribution in [0.25, 0.3) is 0 Å². The lowest BCUT2D eigenvalue weighted by atomic mass is 10.1. The molecule has 1 N–H and O–H groups in total. The molecule has 1 atom stereocenters. The Labute approximate surface area is 124 Å². The number of thiophene rings is 1. The second kappa shape index (κ2) is 6.71. The molecule has 20 heavy (non-hydrogen) atoms. The third kappa shape index (κ3) is 3.94. The summed E-state index contributed by atoms with van der Waals surface area (Å²) in [5.74, 6) is 0.0485. The average Bonchev–Trinajstić information content (AvgIpc) is 2.77. The highest BCUT2D eigenvalue weighted by Crippen LogP contribution is 2.20. The van der Waals surface area contributed by atoms with Crippen molar-refractivity contribution in [3.05, 3.63) is 57.3 Å². The minimum absolute atomic E-state index is 0.0485. The summed E-state index contributed by atoms with van der Waals surface area (Å²) in [6.07, 6.45) is 1.95. The molecule has 0 fully saturated rings. The minimum Gasteiger partial charge on any atom is -0.350 e. The molecule has 1 heterocycles. The van der Waals surface area contributed by atoms with E-state index in [1.54, 1.807) is 11.3 Å². The summed E-state index contributed by atoms with van der Waals surface area (Å²) in [5.41, 5.74) is 2.13. The molecule has 1 aromatic heterocycles. The van der Waals surface area contributed by atoms with E-state index in [9.17, 15) is 4.79 Å². The van der Waals surface area contributed by atoms with Gasteiger partial charge in [0.25, 0.3) is 5.91 Å². The smallest absolute Gasteiger partial charge is 0.252 e. The van der Waals surface area contributed by atoms with Crippen LogP contribution < -0.4 is 5.32 Å². The Hall–Kier alpha value is -1.61. The zero-order chi connectivity index (χ0) is 14.5. The zero-order valence-corrected chi connectivity index (χ0v) is 13.1. The number of rotatable bonds is 5. The first-order valence-corrected chi connectivity index (χ1v) is 7.79. The van der Waals surface area contributed by atoms with Crippen molar-refractivity contribution in [1.82, 2.24) is 5.32 Å². The Bertz CT molecular complexity index is 574. The Morgan fingerprint density at radius 2 is 1.95 bits per heavy atom. The second-order valence-electron chi connectivity index (χ2n) is 5.23. The predicted octanol–water partition coefficient (Wildman–Crippen LogP) is 4.12. The highest BCUT2D eigenvalue weighted by Gasteiger charge is 2.14. The summed E-state index contributed by atoms with van der Waals surface area (Å²) in [7, 11) is 0. The van der Waals surface area contributed by atoms with E-state index in [1.807, 2.05) is 26.0 Å². The SMILES string of the molecule is Cc1cc(C(=O)NC(C)CCc2ccccc2)c(C)s1. The predicted molar refractivity (Wildman–Crippen MR) is 85.5 cm³/mol. The van der Waals surface area contributed by atoms with Crippen molar-refractivity contribution < 1.29 is 4.79 Å². The van der Waals surface area contributed by atoms with E-state index in [-0.39, 0.29) is 11.9 Å². The van der Waals surface area contributed by atoms with Crippen LogP contribution in [0, 0.1) is 13.8 Å². The molecule has 1 amide bonds. The molecule has 1 aromatic carbocycles. The molecule has 2 nitrogen and oxygen atoms in total. The Morgan fingerprint density at radius 3 is 2.55 bits per heavy atom. The molecule has 106 valence electrons. The number of hydrogen-bond acceptors (Lipinski definition) is 2. The van der Waals surface area contributed by atoms with Gasteiger partial charge in [-0.15, -0.1) is 11.3 Å². The van der Waals surface area contributed by atoms with Gasteiger partial charge in [0.1, 0.15) is 0 Å². The minimum atomic E-state index is 0.0485. The summed E-state index contributed by atoms with van der Waals surface area (Å²) in [5, 5.41) is 3.09. The fourth-order valence-electron chi connectivity index (χ4n) is 2.26. The number of aryl methyl sites for hydroxylation is 3. The monoisotopic (exact) mass is 287 g/mol. The molecule has 0 saturated heterocycles. The molecular formula is C17H21NOS. The molecule has 0 saturated carbocycles. The van der Waals surface area contributed by atoms with Crippen molar-refractivity contribution in [2.75, 3.05) is 0 Å². The molecule has 1 unspecified atom stereocenters. The van der Waals surface area contributed by atoms with Gasteiger partial charge in [0.15, 0.2) is 0 Å². The van der Waals surface area contributed by atoms with E-state index in [0.717, 1.165) is 23.3 Å². The number of carbonyl (C=O) groups excluding carboxylic acids is 1. The van der Waals surface area contributed by atoms with Crippen LogP contribution in [0.15, 0.2) is 36.4 Å². The topological polar surface area (TPSA) is 29.1 Å². The van der Waals surface area contributed by atoms with Crippen LogP contribution in [0.4, 0.5) is 0 Å². The molecule has 0 aliphatic heterocycles. The third-order valence-corrected chi connectivity index (χ3v) is 4.34. The molecule has 3 heteroatoms. The maximum Gasteiger partial charge on any atom is 0.252 e. The average molecular weight is 287 g/mol. The van der Waals surface area contributed by atoms with Crippen LogP contribution in [0.3, 0.4) is 0 Å². The summed E-state index contributed by atoms with van der Waals surface area (Å²) in [6.45, 7) is 6.10. The summed E-state index contributed by atoms with van der Waals surface area (Å²) < 4.78 is 0. The number of benzene rings is 1. The van der Waals surface area contributed by atoms with Crippen LogP contribution in [-0.4, -0.2) is 11.9 Å². The lowest BCUT2D eigenvalue weighted by Crippen LogP contribution is -2.33. The van der Waals surface area contributed by atoms with Gasteiger partial charge in [-0.25, -0.2) is 0 Å². The fourth-order valence-corrected chi connectivity index (χ4v) is 3.18. The van der Waals surface area contributed by atoms with Gasteiger partial charge in [-0.1, -0.05) is 30.3 Å². The van der Waals surface area contributed by atoms with Gasteiger partial charge in [-0.05, 0) is 45.2 Å². The molecule has 0 aliphatic rings. The van der Waals surface area contributed by atoms with Crippen molar-refractivity contribution in [2.24, 2.45) is 0 Å². The number of amides is 1. The Balaban J connectivity index is 1.87. The van der Waals surface area contributed by atoms with Gasteiger partial charge in [-0.2, -0.15) is 0 Å². The largest absolute Gasteiger partial charge is 0.350 e. The zero-order valence-electron chi connectivity index (χ0n) is 12.3. The van der Waals surface area contributed by atoms with Crippen LogP contribution in [0.2, 0.25) is 0 Å². The maximum atomic E-state index is 12.2. The van der Waals surface area contributed by atoms with E-state index in [4.69, 9.17) is 0 Å². The normalized spacial score (nSPS) is 12.2. The highest BCUT2D eigenvalue weighted by molar-refractivity contribution is 7.12. The van der Waals surface area contributed by atoms with Crippen molar-refractivity contribution in [3.63, 3.8) is 0 Å². The van der Waals surface area contributed by atoms with Gasteiger partial charge >= 0.3 is 0 Å². The molecule has 0 bridgehead atoms. The van der Waals surface area contributed by atoms with Crippen LogP contribution in [0.1, 0.15) is 39.0 Å². The maximum absolute atomic E-state index is 12.2. The van der Waals surface area contributed by atoms with Gasteiger partial charge < -0.3 is 5.32 Å². The lowest BCUT2D eigenvalue weighted by Gasteiger charge is -2.13. The fraction of sp³-hybridized carbons (Fsp3) is 0.353. The number of hydrogen-bond donors (Lipinski definition) is 1. The van der Waals surface area contributed by atoms with Gasteiger partial charge in [-0.3, -0.25) is 4.79 Å². The number of nitrogens with one attached hydrogen (secondary N) is 1. The molecule has 0 aliphatic carbocycles. The second-order valence-corrected chi connectivity index (χ2v) is 6.69. The number of carbonyl (C=O) groups is 1. The third-order valence-electron chi connectivity index (χ3n) is 3.37.